The maximum absolute atomic E-state index is 12.9. The van der Waals surface area contributed by atoms with Crippen LogP contribution in [-0.4, -0.2) is 56.4 Å². The van der Waals surface area contributed by atoms with Gasteiger partial charge in [0.25, 0.3) is 5.91 Å². The van der Waals surface area contributed by atoms with Crippen molar-refractivity contribution in [3.05, 3.63) is 60.4 Å². The summed E-state index contributed by atoms with van der Waals surface area (Å²) >= 11 is 0. The van der Waals surface area contributed by atoms with Crippen LogP contribution in [0.15, 0.2) is 49.2 Å². The van der Waals surface area contributed by atoms with E-state index in [1.807, 2.05) is 33.3 Å². The number of anilines is 2. The molecule has 4 heterocycles. The fraction of sp³-hybridized carbons (Fsp3) is 0.360. The third-order valence-electron chi connectivity index (χ3n) is 6.09. The van der Waals surface area contributed by atoms with Gasteiger partial charge in [0.2, 0.25) is 0 Å². The third-order valence-corrected chi connectivity index (χ3v) is 6.09. The number of nitrogens with one attached hydrogen (secondary N) is 1. The van der Waals surface area contributed by atoms with Gasteiger partial charge in [-0.1, -0.05) is 6.07 Å². The summed E-state index contributed by atoms with van der Waals surface area (Å²) in [7, 11) is 0. The monoisotopic (exact) mass is 459 g/mol. The first-order valence-electron chi connectivity index (χ1n) is 11.4. The second-order valence-corrected chi connectivity index (χ2v) is 9.55. The van der Waals surface area contributed by atoms with Crippen LogP contribution in [0.5, 0.6) is 0 Å². The minimum Gasteiger partial charge on any atom is -0.378 e. The molecule has 3 aromatic heterocycles. The highest BCUT2D eigenvalue weighted by Crippen LogP contribution is 2.31. The van der Waals surface area contributed by atoms with E-state index in [2.05, 4.69) is 59.0 Å². The van der Waals surface area contributed by atoms with Gasteiger partial charge < -0.3 is 19.5 Å². The number of carbonyl (C=O) groups is 1. The zero-order valence-corrected chi connectivity index (χ0v) is 19.9. The first-order chi connectivity index (χ1) is 16.3. The highest BCUT2D eigenvalue weighted by atomic mass is 16.5. The van der Waals surface area contributed by atoms with E-state index in [1.165, 1.54) is 0 Å². The summed E-state index contributed by atoms with van der Waals surface area (Å²) in [5, 5.41) is 7.41. The summed E-state index contributed by atoms with van der Waals surface area (Å²) in [6.45, 7) is 11.2. The zero-order valence-electron chi connectivity index (χ0n) is 19.9. The summed E-state index contributed by atoms with van der Waals surface area (Å²) < 4.78 is 9.32. The van der Waals surface area contributed by atoms with Crippen molar-refractivity contribution in [2.24, 2.45) is 0 Å². The molecule has 176 valence electrons. The number of rotatable bonds is 4. The van der Waals surface area contributed by atoms with Gasteiger partial charge in [0.05, 0.1) is 19.5 Å². The van der Waals surface area contributed by atoms with E-state index in [1.54, 1.807) is 18.9 Å². The number of amides is 1. The van der Waals surface area contributed by atoms with Gasteiger partial charge in [0.15, 0.2) is 5.65 Å². The molecule has 1 aliphatic rings. The number of carbonyl (C=O) groups excluding carboxylic acids is 1. The quantitative estimate of drug-likeness (QED) is 0.500. The fourth-order valence-corrected chi connectivity index (χ4v) is 4.09. The molecule has 1 amide bonds. The minimum atomic E-state index is -0.236. The van der Waals surface area contributed by atoms with Crippen LogP contribution in [0.3, 0.4) is 0 Å². The molecule has 0 atom stereocenters. The van der Waals surface area contributed by atoms with Gasteiger partial charge in [-0.2, -0.15) is 9.61 Å². The van der Waals surface area contributed by atoms with Gasteiger partial charge in [-0.3, -0.25) is 4.79 Å². The lowest BCUT2D eigenvalue weighted by atomic mass is 10.00. The number of pyridine rings is 1. The SMILES string of the molecule is Cc1ccc(NC(=O)c2cn(C(C)(C)C)cn2)cc1-c1cc(N2CCOCC2)n2ncnc2c1. The molecule has 0 saturated carbocycles. The van der Waals surface area contributed by atoms with Crippen LogP contribution in [0, 0.1) is 6.92 Å². The van der Waals surface area contributed by atoms with E-state index < -0.39 is 0 Å². The second-order valence-electron chi connectivity index (χ2n) is 9.55. The van der Waals surface area contributed by atoms with E-state index in [9.17, 15) is 4.79 Å². The highest BCUT2D eigenvalue weighted by Gasteiger charge is 2.19. The summed E-state index contributed by atoms with van der Waals surface area (Å²) in [4.78, 5) is 23.8. The van der Waals surface area contributed by atoms with Crippen molar-refractivity contribution in [2.75, 3.05) is 36.5 Å². The standard InChI is InChI=1S/C25H29N7O2/c1-17-5-6-19(29-24(33)21-14-31(16-27-21)25(2,3)4)13-20(17)18-11-22-26-15-28-32(22)23(12-18)30-7-9-34-10-8-30/h5-6,11-16H,7-10H2,1-4H3,(H,29,33). The van der Waals surface area contributed by atoms with Crippen molar-refractivity contribution < 1.29 is 9.53 Å². The van der Waals surface area contributed by atoms with Crippen molar-refractivity contribution in [3.63, 3.8) is 0 Å². The molecule has 0 spiro atoms. The van der Waals surface area contributed by atoms with E-state index in [4.69, 9.17) is 4.74 Å². The Bertz CT molecular complexity index is 1340. The molecule has 1 fully saturated rings. The van der Waals surface area contributed by atoms with Crippen LogP contribution in [0.4, 0.5) is 11.5 Å². The number of nitrogens with zero attached hydrogens (tertiary/aromatic N) is 6. The lowest BCUT2D eigenvalue weighted by Crippen LogP contribution is -2.37. The van der Waals surface area contributed by atoms with Gasteiger partial charge in [0.1, 0.15) is 17.8 Å². The lowest BCUT2D eigenvalue weighted by molar-refractivity contribution is 0.102. The van der Waals surface area contributed by atoms with Crippen molar-refractivity contribution in [3.8, 4) is 11.1 Å². The van der Waals surface area contributed by atoms with Crippen molar-refractivity contribution in [1.29, 1.82) is 0 Å². The van der Waals surface area contributed by atoms with Crippen LogP contribution in [0.2, 0.25) is 0 Å². The Labute approximate surface area is 198 Å². The Morgan fingerprint density at radius 1 is 1.09 bits per heavy atom. The number of imidazole rings is 1. The Balaban J connectivity index is 1.47. The van der Waals surface area contributed by atoms with Crippen LogP contribution < -0.4 is 10.2 Å². The van der Waals surface area contributed by atoms with Gasteiger partial charge in [-0.15, -0.1) is 0 Å². The summed E-state index contributed by atoms with van der Waals surface area (Å²) in [5.41, 5.74) is 4.89. The molecule has 1 saturated heterocycles. The summed E-state index contributed by atoms with van der Waals surface area (Å²) in [6, 6.07) is 10.1. The Morgan fingerprint density at radius 2 is 1.88 bits per heavy atom. The molecule has 9 nitrogen and oxygen atoms in total. The first-order valence-corrected chi connectivity index (χ1v) is 11.4. The Morgan fingerprint density at radius 3 is 2.62 bits per heavy atom. The molecular weight excluding hydrogens is 430 g/mol. The van der Waals surface area contributed by atoms with Crippen LogP contribution >= 0.6 is 0 Å². The van der Waals surface area contributed by atoms with Crippen LogP contribution in [0.1, 0.15) is 36.8 Å². The number of aryl methyl sites for hydroxylation is 1. The molecule has 0 aliphatic carbocycles. The summed E-state index contributed by atoms with van der Waals surface area (Å²) in [6.07, 6.45) is 5.04. The Hall–Kier alpha value is -3.72. The lowest BCUT2D eigenvalue weighted by Gasteiger charge is -2.29. The van der Waals surface area contributed by atoms with Gasteiger partial charge >= 0.3 is 0 Å². The fourth-order valence-electron chi connectivity index (χ4n) is 4.09. The molecule has 0 radical (unpaired) electrons. The predicted molar refractivity (Wildman–Crippen MR) is 131 cm³/mol. The first kappa shape index (κ1) is 22.1. The van der Waals surface area contributed by atoms with Gasteiger partial charge in [0, 0.05) is 30.5 Å². The zero-order chi connectivity index (χ0) is 23.9. The Kier molecular flexibility index (Phi) is 5.57. The number of ether oxygens (including phenoxy) is 1. The molecule has 5 rings (SSSR count). The molecule has 0 bridgehead atoms. The van der Waals surface area contributed by atoms with Crippen molar-refractivity contribution >= 4 is 23.1 Å². The number of aromatic nitrogens is 5. The number of benzene rings is 1. The van der Waals surface area contributed by atoms with E-state index >= 15 is 0 Å². The average Bonchev–Trinajstić information content (AvgIpc) is 3.50. The predicted octanol–water partition coefficient (Wildman–Crippen LogP) is 3.75. The second kappa shape index (κ2) is 8.57. The van der Waals surface area contributed by atoms with Crippen molar-refractivity contribution in [2.45, 2.75) is 33.2 Å². The molecule has 9 heteroatoms. The number of hydrogen-bond donors (Lipinski definition) is 1. The maximum atomic E-state index is 12.9. The molecule has 1 aliphatic heterocycles. The molecule has 34 heavy (non-hydrogen) atoms. The topological polar surface area (TPSA) is 89.6 Å². The molecular formula is C25H29N7O2. The number of fused-ring (bicyclic) bond motifs is 1. The normalized spacial score (nSPS) is 14.5. The average molecular weight is 460 g/mol. The van der Waals surface area contributed by atoms with E-state index in [-0.39, 0.29) is 11.4 Å². The molecule has 1 N–H and O–H groups in total. The largest absolute Gasteiger partial charge is 0.378 e. The molecule has 1 aromatic carbocycles. The summed E-state index contributed by atoms with van der Waals surface area (Å²) in [5.74, 6) is 0.745. The van der Waals surface area contributed by atoms with E-state index in [0.29, 0.717) is 24.6 Å². The number of morpholine rings is 1. The smallest absolute Gasteiger partial charge is 0.275 e. The van der Waals surface area contributed by atoms with Gasteiger partial charge in [-0.05, 0) is 68.7 Å². The van der Waals surface area contributed by atoms with Gasteiger partial charge in [-0.25, -0.2) is 9.97 Å². The highest BCUT2D eigenvalue weighted by molar-refractivity contribution is 6.03. The van der Waals surface area contributed by atoms with Crippen LogP contribution in [0.25, 0.3) is 16.8 Å². The number of hydrogen-bond acceptors (Lipinski definition) is 6. The minimum absolute atomic E-state index is 0.138. The molecule has 0 unspecified atom stereocenters. The third kappa shape index (κ3) is 4.26. The maximum Gasteiger partial charge on any atom is 0.275 e. The van der Waals surface area contributed by atoms with E-state index in [0.717, 1.165) is 41.2 Å². The van der Waals surface area contributed by atoms with Crippen molar-refractivity contribution in [1.82, 2.24) is 24.1 Å². The molecule has 4 aromatic rings. The van der Waals surface area contributed by atoms with Crippen LogP contribution in [-0.2, 0) is 10.3 Å².